The molecule has 4 rings (SSSR count). The zero-order valence-electron chi connectivity index (χ0n) is 22.1. The molecule has 0 radical (unpaired) electrons. The van der Waals surface area contributed by atoms with Gasteiger partial charge >= 0.3 is 17.6 Å². The molecule has 1 aliphatic rings. The largest absolute Gasteiger partial charge is 0.487 e. The normalized spacial score (nSPS) is 15.3. The lowest BCUT2D eigenvalue weighted by molar-refractivity contribution is -0.387. The summed E-state index contributed by atoms with van der Waals surface area (Å²) < 4.78 is 27.2. The number of nitrogens with zero attached hydrogens (tertiary/aromatic N) is 1. The van der Waals surface area contributed by atoms with Crippen molar-refractivity contribution in [3.63, 3.8) is 0 Å². The minimum atomic E-state index is -0.866. The van der Waals surface area contributed by atoms with E-state index in [1.54, 1.807) is 25.1 Å². The van der Waals surface area contributed by atoms with Crippen LogP contribution < -0.4 is 4.74 Å². The Morgan fingerprint density at radius 3 is 1.95 bits per heavy atom. The molecule has 3 aromatic rings. The third kappa shape index (κ3) is 4.78. The second-order valence-corrected chi connectivity index (χ2v) is 10.7. The summed E-state index contributed by atoms with van der Waals surface area (Å²) in [5, 5.41) is 12.4. The minimum Gasteiger partial charge on any atom is -0.487 e. The van der Waals surface area contributed by atoms with Crippen LogP contribution in [0.5, 0.6) is 5.75 Å². The maximum atomic E-state index is 16.5. The molecule has 0 unspecified atom stereocenters. The Hall–Kier alpha value is -4.07. The molecule has 0 heterocycles. The molecule has 0 N–H and O–H groups in total. The number of fused-ring (bicyclic) bond motifs is 1. The molecule has 3 aromatic carbocycles. The number of esters is 2. The van der Waals surface area contributed by atoms with Gasteiger partial charge in [0.05, 0.1) is 28.2 Å². The van der Waals surface area contributed by atoms with Crippen molar-refractivity contribution in [3.8, 4) is 16.9 Å². The summed E-state index contributed by atoms with van der Waals surface area (Å²) in [4.78, 5) is 36.8. The molecule has 0 saturated heterocycles. The average Bonchev–Trinajstić information content (AvgIpc) is 2.87. The summed E-state index contributed by atoms with van der Waals surface area (Å²) >= 11 is 0. The van der Waals surface area contributed by atoms with Gasteiger partial charge in [0, 0.05) is 11.1 Å². The number of carbonyl (C=O) groups excluding carboxylic acids is 2. The number of hydrogen-bond acceptors (Lipinski definition) is 6. The Balaban J connectivity index is 1.83. The Labute approximate surface area is 220 Å². The SMILES string of the molecule is CCOc1c(-c2ccc(C(=O)OC(=O)c3ccccc3)cc2)c(F)c2c(c1[N+](=O)[O-])C(C)(C)CCC2(C)C. The molecule has 38 heavy (non-hydrogen) atoms. The Morgan fingerprint density at radius 1 is 0.895 bits per heavy atom. The first-order chi connectivity index (χ1) is 17.9. The van der Waals surface area contributed by atoms with Crippen molar-refractivity contribution in [1.82, 2.24) is 0 Å². The molecule has 0 fully saturated rings. The number of nitro groups is 1. The molecular formula is C30H30FNO6. The van der Waals surface area contributed by atoms with E-state index < -0.39 is 33.5 Å². The number of ether oxygens (including phenoxy) is 2. The molecule has 0 saturated carbocycles. The van der Waals surface area contributed by atoms with Gasteiger partial charge in [0.25, 0.3) is 0 Å². The van der Waals surface area contributed by atoms with Crippen molar-refractivity contribution >= 4 is 17.6 Å². The van der Waals surface area contributed by atoms with E-state index in [4.69, 9.17) is 9.47 Å². The van der Waals surface area contributed by atoms with E-state index >= 15 is 4.39 Å². The van der Waals surface area contributed by atoms with Crippen molar-refractivity contribution in [2.75, 3.05) is 6.61 Å². The van der Waals surface area contributed by atoms with Crippen molar-refractivity contribution < 1.29 is 28.4 Å². The second-order valence-electron chi connectivity index (χ2n) is 10.7. The molecule has 198 valence electrons. The molecule has 7 nitrogen and oxygen atoms in total. The molecule has 0 spiro atoms. The van der Waals surface area contributed by atoms with Crippen LogP contribution in [0.1, 0.15) is 79.3 Å². The number of carbonyl (C=O) groups is 2. The Bertz CT molecular complexity index is 1410. The number of benzene rings is 3. The monoisotopic (exact) mass is 519 g/mol. The van der Waals surface area contributed by atoms with Gasteiger partial charge in [-0.15, -0.1) is 0 Å². The fourth-order valence-corrected chi connectivity index (χ4v) is 5.12. The smallest absolute Gasteiger partial charge is 0.346 e. The van der Waals surface area contributed by atoms with Crippen LogP contribution in [0.2, 0.25) is 0 Å². The minimum absolute atomic E-state index is 0.0247. The quantitative estimate of drug-likeness (QED) is 0.149. The van der Waals surface area contributed by atoms with Crippen LogP contribution in [0.3, 0.4) is 0 Å². The maximum absolute atomic E-state index is 16.5. The fourth-order valence-electron chi connectivity index (χ4n) is 5.12. The van der Waals surface area contributed by atoms with E-state index in [0.717, 1.165) is 0 Å². The number of halogens is 1. The van der Waals surface area contributed by atoms with E-state index in [9.17, 15) is 19.7 Å². The van der Waals surface area contributed by atoms with Gasteiger partial charge in [-0.3, -0.25) is 10.1 Å². The van der Waals surface area contributed by atoms with Gasteiger partial charge in [0.1, 0.15) is 5.82 Å². The van der Waals surface area contributed by atoms with E-state index in [-0.39, 0.29) is 34.7 Å². The van der Waals surface area contributed by atoms with E-state index in [1.807, 2.05) is 27.7 Å². The summed E-state index contributed by atoms with van der Waals surface area (Å²) in [7, 11) is 0. The Kier molecular flexibility index (Phi) is 7.10. The fraction of sp³-hybridized carbons (Fsp3) is 0.333. The van der Waals surface area contributed by atoms with Crippen molar-refractivity contribution in [1.29, 1.82) is 0 Å². The first-order valence-corrected chi connectivity index (χ1v) is 12.5. The van der Waals surface area contributed by atoms with Crippen LogP contribution in [0.4, 0.5) is 10.1 Å². The lowest BCUT2D eigenvalue weighted by atomic mass is 9.62. The van der Waals surface area contributed by atoms with E-state index in [2.05, 4.69) is 0 Å². The lowest BCUT2D eigenvalue weighted by Crippen LogP contribution is -2.36. The topological polar surface area (TPSA) is 95.7 Å². The summed E-state index contributed by atoms with van der Waals surface area (Å²) in [5.74, 6) is -2.36. The predicted octanol–water partition coefficient (Wildman–Crippen LogP) is 7.15. The van der Waals surface area contributed by atoms with Crippen LogP contribution in [0.25, 0.3) is 11.1 Å². The van der Waals surface area contributed by atoms with Gasteiger partial charge in [-0.25, -0.2) is 14.0 Å². The highest BCUT2D eigenvalue weighted by Crippen LogP contribution is 2.56. The van der Waals surface area contributed by atoms with Crippen LogP contribution in [0.15, 0.2) is 54.6 Å². The zero-order valence-corrected chi connectivity index (χ0v) is 22.1. The molecule has 1 aliphatic carbocycles. The molecule has 0 bridgehead atoms. The van der Waals surface area contributed by atoms with Crippen LogP contribution in [0, 0.1) is 15.9 Å². The number of nitro benzene ring substituents is 1. The number of hydrogen-bond donors (Lipinski definition) is 0. The molecule has 0 amide bonds. The van der Waals surface area contributed by atoms with Gasteiger partial charge in [0.2, 0.25) is 5.75 Å². The van der Waals surface area contributed by atoms with Gasteiger partial charge in [-0.2, -0.15) is 0 Å². The maximum Gasteiger partial charge on any atom is 0.346 e. The standard InChI is InChI=1S/C30H30FNO6/c1-6-37-26-21(24(31)22-23(25(26)32(35)36)30(4,5)17-16-29(22,2)3)18-12-14-20(15-13-18)28(34)38-27(33)19-10-8-7-9-11-19/h7-15H,6,16-17H2,1-5H3. The van der Waals surface area contributed by atoms with Crippen LogP contribution in [-0.2, 0) is 15.6 Å². The molecule has 0 atom stereocenters. The van der Waals surface area contributed by atoms with Crippen LogP contribution >= 0.6 is 0 Å². The van der Waals surface area contributed by atoms with Gasteiger partial charge in [-0.1, -0.05) is 58.0 Å². The van der Waals surface area contributed by atoms with Crippen molar-refractivity contribution in [2.45, 2.75) is 58.3 Å². The highest BCUT2D eigenvalue weighted by Gasteiger charge is 2.47. The zero-order chi connectivity index (χ0) is 27.8. The summed E-state index contributed by atoms with van der Waals surface area (Å²) in [6.45, 7) is 9.34. The number of rotatable bonds is 6. The molecular weight excluding hydrogens is 489 g/mol. The van der Waals surface area contributed by atoms with Crippen molar-refractivity contribution in [3.05, 3.63) is 92.8 Å². The van der Waals surface area contributed by atoms with Crippen LogP contribution in [-0.4, -0.2) is 23.5 Å². The summed E-state index contributed by atoms with van der Waals surface area (Å²) in [6, 6.07) is 13.8. The third-order valence-corrected chi connectivity index (χ3v) is 7.17. The first kappa shape index (κ1) is 27.0. The van der Waals surface area contributed by atoms with Gasteiger partial charge < -0.3 is 9.47 Å². The first-order valence-electron chi connectivity index (χ1n) is 12.5. The van der Waals surface area contributed by atoms with Crippen molar-refractivity contribution in [2.24, 2.45) is 0 Å². The molecule has 8 heteroatoms. The Morgan fingerprint density at radius 2 is 1.42 bits per heavy atom. The summed E-state index contributed by atoms with van der Waals surface area (Å²) in [6.07, 6.45) is 1.32. The average molecular weight is 520 g/mol. The van der Waals surface area contributed by atoms with E-state index in [0.29, 0.717) is 29.5 Å². The third-order valence-electron chi connectivity index (χ3n) is 7.17. The molecule has 0 aliphatic heterocycles. The van der Waals surface area contributed by atoms with E-state index in [1.165, 1.54) is 36.4 Å². The second kappa shape index (κ2) is 10.0. The summed E-state index contributed by atoms with van der Waals surface area (Å²) in [5.41, 5.74) is -0.228. The van der Waals surface area contributed by atoms with Gasteiger partial charge in [0.15, 0.2) is 0 Å². The molecule has 0 aromatic heterocycles. The highest BCUT2D eigenvalue weighted by molar-refractivity contribution is 6.02. The lowest BCUT2D eigenvalue weighted by Gasteiger charge is -2.42. The highest BCUT2D eigenvalue weighted by atomic mass is 19.1. The predicted molar refractivity (Wildman–Crippen MR) is 141 cm³/mol. The van der Waals surface area contributed by atoms with Gasteiger partial charge in [-0.05, 0) is 60.4 Å².